The molecule has 192 valence electrons. The Morgan fingerprint density at radius 3 is 2.55 bits per heavy atom. The van der Waals surface area contributed by atoms with Crippen molar-refractivity contribution < 1.29 is 14.3 Å². The van der Waals surface area contributed by atoms with Crippen LogP contribution in [-0.2, 0) is 17.9 Å². The highest BCUT2D eigenvalue weighted by Crippen LogP contribution is 2.27. The number of imidazole rings is 1. The van der Waals surface area contributed by atoms with Crippen LogP contribution >= 0.6 is 0 Å². The standard InChI is InChI=1S/C30H29N5O3/c1-34(28(36)24-12-6-3-7-13-24)25-14-15-27-26(19-25)32-29(35(27)18-16-22-11-8-17-31-20-22)33-30(37)38-21-23-9-4-2-5-10-23/h2-10,12-15,17,19-20,22H,11,16,18,21H2,1H3,(H,32,33,37)/t22-/m0/s1. The van der Waals surface area contributed by atoms with Gasteiger partial charge in [-0.05, 0) is 54.7 Å². The third-order valence-electron chi connectivity index (χ3n) is 6.52. The van der Waals surface area contributed by atoms with Gasteiger partial charge in [0.1, 0.15) is 6.61 Å². The van der Waals surface area contributed by atoms with Crippen molar-refractivity contribution in [3.05, 3.63) is 102 Å². The first kappa shape index (κ1) is 25.0. The van der Waals surface area contributed by atoms with Crippen LogP contribution in [0.5, 0.6) is 0 Å². The first-order chi connectivity index (χ1) is 18.6. The fraction of sp³-hybridized carbons (Fsp3) is 0.200. The molecule has 2 heterocycles. The van der Waals surface area contributed by atoms with Gasteiger partial charge in [-0.15, -0.1) is 0 Å². The molecule has 0 unspecified atom stereocenters. The molecule has 8 nitrogen and oxygen atoms in total. The number of hydrogen-bond donors (Lipinski definition) is 1. The minimum absolute atomic E-state index is 0.114. The lowest BCUT2D eigenvalue weighted by Crippen LogP contribution is -2.26. The Kier molecular flexibility index (Phi) is 7.59. The number of amides is 2. The molecule has 1 N–H and O–H groups in total. The molecule has 0 spiro atoms. The number of hydrogen-bond acceptors (Lipinski definition) is 5. The van der Waals surface area contributed by atoms with Gasteiger partial charge in [0.05, 0.1) is 11.0 Å². The molecule has 0 fully saturated rings. The average Bonchev–Trinajstić information content (AvgIpc) is 3.31. The van der Waals surface area contributed by atoms with Crippen molar-refractivity contribution >= 4 is 40.9 Å². The van der Waals surface area contributed by atoms with Gasteiger partial charge >= 0.3 is 6.09 Å². The average molecular weight is 508 g/mol. The molecule has 0 saturated carbocycles. The van der Waals surface area contributed by atoms with Gasteiger partial charge in [0.2, 0.25) is 5.95 Å². The SMILES string of the molecule is CN(C(=O)c1ccccc1)c1ccc2c(c1)nc(NC(=O)OCc1ccccc1)n2CC[C@H]1C=NC=CC1. The Morgan fingerprint density at radius 1 is 1.05 bits per heavy atom. The predicted octanol–water partition coefficient (Wildman–Crippen LogP) is 6.06. The van der Waals surface area contributed by atoms with E-state index in [4.69, 9.17) is 9.72 Å². The number of aryl methyl sites for hydroxylation is 1. The zero-order valence-corrected chi connectivity index (χ0v) is 21.2. The number of carbonyl (C=O) groups is 2. The van der Waals surface area contributed by atoms with E-state index in [0.29, 0.717) is 35.2 Å². The largest absolute Gasteiger partial charge is 0.444 e. The summed E-state index contributed by atoms with van der Waals surface area (Å²) in [5, 5.41) is 2.82. The Morgan fingerprint density at radius 2 is 1.82 bits per heavy atom. The van der Waals surface area contributed by atoms with Gasteiger partial charge in [0, 0.05) is 37.3 Å². The van der Waals surface area contributed by atoms with E-state index in [-0.39, 0.29) is 12.5 Å². The number of ether oxygens (including phenoxy) is 1. The number of benzene rings is 3. The summed E-state index contributed by atoms with van der Waals surface area (Å²) < 4.78 is 7.41. The van der Waals surface area contributed by atoms with Crippen LogP contribution in [0, 0.1) is 5.92 Å². The highest BCUT2D eigenvalue weighted by atomic mass is 16.5. The molecular weight excluding hydrogens is 478 g/mol. The van der Waals surface area contributed by atoms with Gasteiger partial charge < -0.3 is 14.2 Å². The molecule has 4 aromatic rings. The van der Waals surface area contributed by atoms with Crippen LogP contribution in [0.1, 0.15) is 28.8 Å². The third kappa shape index (κ3) is 5.81. The Hall–Kier alpha value is -4.72. The van der Waals surface area contributed by atoms with Gasteiger partial charge in [-0.2, -0.15) is 0 Å². The minimum atomic E-state index is -0.579. The Balaban J connectivity index is 1.38. The van der Waals surface area contributed by atoms with Crippen LogP contribution in [-0.4, -0.2) is 34.8 Å². The van der Waals surface area contributed by atoms with E-state index in [1.165, 1.54) is 0 Å². The molecule has 0 radical (unpaired) electrons. The summed E-state index contributed by atoms with van der Waals surface area (Å²) in [6, 6.07) is 24.3. The second-order valence-electron chi connectivity index (χ2n) is 9.14. The summed E-state index contributed by atoms with van der Waals surface area (Å²) in [5.41, 5.74) is 3.74. The number of aliphatic imine (C=N–C) groups is 1. The number of nitrogens with zero attached hydrogens (tertiary/aromatic N) is 4. The van der Waals surface area contributed by atoms with Gasteiger partial charge in [-0.25, -0.2) is 9.78 Å². The molecule has 1 aromatic heterocycles. The third-order valence-corrected chi connectivity index (χ3v) is 6.52. The molecule has 8 heteroatoms. The lowest BCUT2D eigenvalue weighted by atomic mass is 10.0. The molecule has 2 amide bonds. The topological polar surface area (TPSA) is 88.8 Å². The molecule has 1 aliphatic heterocycles. The highest BCUT2D eigenvalue weighted by Gasteiger charge is 2.19. The highest BCUT2D eigenvalue weighted by molar-refractivity contribution is 6.06. The summed E-state index contributed by atoms with van der Waals surface area (Å²) in [6.45, 7) is 0.793. The number of fused-ring (bicyclic) bond motifs is 1. The van der Waals surface area contributed by atoms with Crippen LogP contribution in [0.25, 0.3) is 11.0 Å². The first-order valence-corrected chi connectivity index (χ1v) is 12.6. The van der Waals surface area contributed by atoms with Gasteiger partial charge in [-0.3, -0.25) is 15.1 Å². The molecule has 1 atom stereocenters. The Labute approximate surface area is 221 Å². The molecule has 38 heavy (non-hydrogen) atoms. The van der Waals surface area contributed by atoms with Crippen LogP contribution in [0.3, 0.4) is 0 Å². The van der Waals surface area contributed by atoms with E-state index in [1.54, 1.807) is 24.1 Å². The normalized spacial score (nSPS) is 14.4. The maximum Gasteiger partial charge on any atom is 0.414 e. The van der Waals surface area contributed by atoms with Crippen molar-refractivity contribution in [2.75, 3.05) is 17.3 Å². The monoisotopic (exact) mass is 507 g/mol. The van der Waals surface area contributed by atoms with Gasteiger partial charge in [0.15, 0.2) is 0 Å². The molecule has 0 aliphatic carbocycles. The zero-order valence-electron chi connectivity index (χ0n) is 21.2. The summed E-state index contributed by atoms with van der Waals surface area (Å²) in [6.07, 6.45) is 7.01. The van der Waals surface area contributed by atoms with E-state index in [0.717, 1.165) is 23.9 Å². The number of anilines is 2. The lowest BCUT2D eigenvalue weighted by molar-refractivity contribution is 0.0993. The predicted molar refractivity (Wildman–Crippen MR) is 150 cm³/mol. The fourth-order valence-corrected chi connectivity index (χ4v) is 4.41. The summed E-state index contributed by atoms with van der Waals surface area (Å²) >= 11 is 0. The number of carbonyl (C=O) groups excluding carboxylic acids is 2. The second-order valence-corrected chi connectivity index (χ2v) is 9.14. The van der Waals surface area contributed by atoms with Crippen molar-refractivity contribution in [1.82, 2.24) is 9.55 Å². The van der Waals surface area contributed by atoms with E-state index in [9.17, 15) is 9.59 Å². The van der Waals surface area contributed by atoms with E-state index < -0.39 is 6.09 Å². The molecule has 0 saturated heterocycles. The van der Waals surface area contributed by atoms with Gasteiger partial charge in [-0.1, -0.05) is 54.6 Å². The van der Waals surface area contributed by atoms with E-state index in [2.05, 4.69) is 16.4 Å². The number of rotatable bonds is 8. The molecule has 3 aromatic carbocycles. The summed E-state index contributed by atoms with van der Waals surface area (Å²) in [7, 11) is 1.74. The van der Waals surface area contributed by atoms with Crippen molar-refractivity contribution in [2.24, 2.45) is 10.9 Å². The maximum atomic E-state index is 13.0. The first-order valence-electron chi connectivity index (χ1n) is 12.6. The Bertz CT molecular complexity index is 1480. The smallest absolute Gasteiger partial charge is 0.414 e. The van der Waals surface area contributed by atoms with Crippen molar-refractivity contribution in [2.45, 2.75) is 26.0 Å². The lowest BCUT2D eigenvalue weighted by Gasteiger charge is -2.18. The van der Waals surface area contributed by atoms with Crippen LogP contribution in [0.2, 0.25) is 0 Å². The zero-order chi connectivity index (χ0) is 26.3. The molecule has 1 aliphatic rings. The number of aromatic nitrogens is 2. The van der Waals surface area contributed by atoms with Crippen LogP contribution < -0.4 is 10.2 Å². The summed E-state index contributed by atoms with van der Waals surface area (Å²) in [4.78, 5) is 36.2. The maximum absolute atomic E-state index is 13.0. The fourth-order valence-electron chi connectivity index (χ4n) is 4.41. The molecule has 5 rings (SSSR count). The van der Waals surface area contributed by atoms with Crippen molar-refractivity contribution in [1.29, 1.82) is 0 Å². The molecule has 0 bridgehead atoms. The van der Waals surface area contributed by atoms with Crippen LogP contribution in [0.4, 0.5) is 16.4 Å². The van der Waals surface area contributed by atoms with Crippen LogP contribution in [0.15, 0.2) is 96.1 Å². The van der Waals surface area contributed by atoms with Crippen molar-refractivity contribution in [3.63, 3.8) is 0 Å². The second kappa shape index (κ2) is 11.6. The minimum Gasteiger partial charge on any atom is -0.444 e. The van der Waals surface area contributed by atoms with Crippen molar-refractivity contribution in [3.8, 4) is 0 Å². The quantitative estimate of drug-likeness (QED) is 0.314. The summed E-state index contributed by atoms with van der Waals surface area (Å²) in [5.74, 6) is 0.594. The molecular formula is C30H29N5O3. The number of allylic oxidation sites excluding steroid dienone is 1. The van der Waals surface area contributed by atoms with E-state index >= 15 is 0 Å². The number of nitrogens with one attached hydrogen (secondary N) is 1. The van der Waals surface area contributed by atoms with Gasteiger partial charge in [0.25, 0.3) is 5.91 Å². The van der Waals surface area contributed by atoms with E-state index in [1.807, 2.05) is 83.7 Å².